The lowest BCUT2D eigenvalue weighted by Gasteiger charge is -2.42. The molecule has 4 rings (SSSR count). The van der Waals surface area contributed by atoms with Gasteiger partial charge in [-0.3, -0.25) is 14.4 Å². The molecule has 16 atom stereocenters. The third kappa shape index (κ3) is 21.2. The first-order valence-electron chi connectivity index (χ1n) is 29.4. The van der Waals surface area contributed by atoms with Gasteiger partial charge in [-0.15, -0.1) is 0 Å². The topological polar surface area (TPSA) is 260 Å². The van der Waals surface area contributed by atoms with Crippen LogP contribution in [-0.4, -0.2) is 196 Å². The lowest BCUT2D eigenvalue weighted by Crippen LogP contribution is -2.60. The molecule has 20 heteroatoms. The van der Waals surface area contributed by atoms with E-state index in [2.05, 4.69) is 30.4 Å². The summed E-state index contributed by atoms with van der Waals surface area (Å²) in [5, 5.41) is 53.9. The van der Waals surface area contributed by atoms with Crippen LogP contribution in [0.1, 0.15) is 138 Å². The number of cyclic esters (lactones) is 1. The molecular formula is C60H101N3O17. The van der Waals surface area contributed by atoms with E-state index in [0.29, 0.717) is 102 Å². The molecule has 0 aromatic rings. The van der Waals surface area contributed by atoms with Gasteiger partial charge in [-0.25, -0.2) is 4.79 Å². The summed E-state index contributed by atoms with van der Waals surface area (Å²) in [4.78, 5) is 63.0. The quantitative estimate of drug-likeness (QED) is 0.0357. The molecule has 4 aliphatic rings. The highest BCUT2D eigenvalue weighted by atomic mass is 16.6. The number of allylic oxidation sites excluding steroid dienone is 3. The third-order valence-electron chi connectivity index (χ3n) is 17.0. The molecule has 2 bridgehead atoms. The van der Waals surface area contributed by atoms with Crippen LogP contribution in [0.2, 0.25) is 0 Å². The Hall–Kier alpha value is -3.67. The van der Waals surface area contributed by atoms with E-state index in [4.69, 9.17) is 42.7 Å². The molecule has 0 aromatic carbocycles. The predicted molar refractivity (Wildman–Crippen MR) is 301 cm³/mol. The van der Waals surface area contributed by atoms with E-state index >= 15 is 0 Å². The summed E-state index contributed by atoms with van der Waals surface area (Å²) in [6, 6.07) is -1.12. The number of piperidine rings is 1. The average molecular weight is 1140 g/mol. The Bertz CT molecular complexity index is 2020. The summed E-state index contributed by atoms with van der Waals surface area (Å²) in [7, 11) is 6.24. The van der Waals surface area contributed by atoms with Gasteiger partial charge in [0.05, 0.1) is 69.3 Å². The number of hydrogen-bond donors (Lipinski definition) is 5. The fourth-order valence-electron chi connectivity index (χ4n) is 11.4. The monoisotopic (exact) mass is 1140 g/mol. The Morgan fingerprint density at radius 3 is 2.23 bits per heavy atom. The number of hydrogen-bond acceptors (Lipinski definition) is 18. The highest BCUT2D eigenvalue weighted by molar-refractivity contribution is 6.39. The molecule has 1 saturated carbocycles. The van der Waals surface area contributed by atoms with Crippen LogP contribution >= 0.6 is 0 Å². The molecule has 0 radical (unpaired) electrons. The number of methoxy groups -OCH3 is 4. The fourth-order valence-corrected chi connectivity index (χ4v) is 11.4. The highest BCUT2D eigenvalue weighted by Gasteiger charge is 2.53. The van der Waals surface area contributed by atoms with Gasteiger partial charge in [0, 0.05) is 72.1 Å². The number of aliphatic hydroxyl groups excluding tert-OH is 3. The second-order valence-corrected chi connectivity index (χ2v) is 23.1. The lowest BCUT2D eigenvalue weighted by atomic mass is 9.81. The molecule has 0 aromatic heterocycles. The Morgan fingerprint density at radius 1 is 0.800 bits per heavy atom. The number of carbonyl (C=O) groups is 4. The van der Waals surface area contributed by atoms with Crippen molar-refractivity contribution in [1.29, 1.82) is 0 Å². The molecule has 1 aliphatic carbocycles. The van der Waals surface area contributed by atoms with Gasteiger partial charge < -0.3 is 73.4 Å². The van der Waals surface area contributed by atoms with E-state index in [1.165, 1.54) is 12.0 Å². The van der Waals surface area contributed by atoms with Crippen LogP contribution in [0.15, 0.2) is 40.6 Å². The Morgan fingerprint density at radius 2 is 1.52 bits per heavy atom. The number of carbonyl (C=O) groups excluding carboxylic acids is 4. The van der Waals surface area contributed by atoms with Crippen LogP contribution in [0.3, 0.4) is 0 Å². The van der Waals surface area contributed by atoms with Crippen molar-refractivity contribution < 1.29 is 82.3 Å². The second kappa shape index (κ2) is 35.5. The van der Waals surface area contributed by atoms with Gasteiger partial charge in [0.15, 0.2) is 6.61 Å². The minimum absolute atomic E-state index is 0.00704. The van der Waals surface area contributed by atoms with Gasteiger partial charge in [0.25, 0.3) is 17.6 Å². The van der Waals surface area contributed by atoms with Crippen molar-refractivity contribution in [3.05, 3.63) is 35.5 Å². The molecule has 80 heavy (non-hydrogen) atoms. The van der Waals surface area contributed by atoms with E-state index in [1.807, 2.05) is 26.0 Å². The second-order valence-electron chi connectivity index (χ2n) is 23.1. The van der Waals surface area contributed by atoms with Gasteiger partial charge in [-0.2, -0.15) is 0 Å². The van der Waals surface area contributed by atoms with Crippen molar-refractivity contribution in [1.82, 2.24) is 10.2 Å². The summed E-state index contributed by atoms with van der Waals surface area (Å²) in [5.74, 6) is -6.78. The van der Waals surface area contributed by atoms with Gasteiger partial charge in [0.2, 0.25) is 5.79 Å². The number of Topliss-reactive ketones (excluding diaryl/α,β-unsaturated/α-hetero) is 1. The number of nitrogens with one attached hydrogen (secondary N) is 1. The van der Waals surface area contributed by atoms with Crippen molar-refractivity contribution in [3.63, 3.8) is 0 Å². The maximum atomic E-state index is 14.5. The zero-order chi connectivity index (χ0) is 58.9. The van der Waals surface area contributed by atoms with Crippen LogP contribution < -0.4 is 5.32 Å². The van der Waals surface area contributed by atoms with Crippen molar-refractivity contribution in [2.75, 3.05) is 81.2 Å². The molecule has 5 N–H and O–H groups in total. The van der Waals surface area contributed by atoms with Gasteiger partial charge in [-0.1, -0.05) is 64.1 Å². The summed E-state index contributed by atoms with van der Waals surface area (Å²) >= 11 is 0. The van der Waals surface area contributed by atoms with E-state index in [-0.39, 0.29) is 62.3 Å². The first-order valence-corrected chi connectivity index (χ1v) is 29.4. The molecule has 2 amide bonds. The number of ketones is 1. The summed E-state index contributed by atoms with van der Waals surface area (Å²) < 4.78 is 46.0. The summed E-state index contributed by atoms with van der Waals surface area (Å²) in [5.41, 5.74) is 1.78. The smallest absolute Gasteiger partial charge is 0.329 e. The zero-order valence-electron chi connectivity index (χ0n) is 50.0. The SMILES string of the molecule is COCCOCCOCCNC(=O)CO/N=C1\[C@H](C)C[C@H](C)C(C)CC=CC=C(C)[C@@H](OC)C[C@@H]2CC[C@@H](C)[C@@](O)(O2)C(=O)C(=O)N2CCCC[C@H]2C(=O)O[C@H](CC[C@@H]2CC[C@@H](O)[C@H](OC)C2)C[C@@H](O)[C@H](C)/C=C(\C)[C@@H](O)[C@H]1OC. The Kier molecular flexibility index (Phi) is 30.5. The van der Waals surface area contributed by atoms with Crippen LogP contribution in [0.25, 0.3) is 0 Å². The molecule has 0 spiro atoms. The lowest BCUT2D eigenvalue weighted by molar-refractivity contribution is -0.265. The molecular weight excluding hydrogens is 1030 g/mol. The number of aliphatic hydroxyl groups is 4. The fraction of sp³-hybridized carbons (Fsp3) is 0.817. The standard InChI is InChI=1S/C60H101N3O17/c1-38-16-12-13-17-39(2)51(73-9)36-47-22-19-44(7)60(71,80-47)57(68)58(69)63-26-15-14-18-48(63)59(70)79-46(23-20-45-21-24-49(64)52(34-45)74-10)35-50(65)41(4)33-43(6)55(67)56(75-11)54(42(5)32-40(38)3)62-78-37-53(66)61-25-27-76-30-31-77-29-28-72-8/h12-13,17,33,38,40-42,44-52,55-56,64-65,67,71H,14-16,18-32,34-37H2,1-11H3,(H,61,66)/b13-12?,39-17?,43-33+,62-54+/t38?,40-,41+,42+,44+,45+,46+,47-,48-,49+,50+,51-,52+,55+,56-,60+/m0/s1. The first kappa shape index (κ1) is 68.8. The normalized spacial score (nSPS) is 35.6. The van der Waals surface area contributed by atoms with Crippen LogP contribution in [-0.2, 0) is 61.9 Å². The average Bonchev–Trinajstić information content (AvgIpc) is 3.57. The largest absolute Gasteiger partial charge is 0.461 e. The van der Waals surface area contributed by atoms with Gasteiger partial charge >= 0.3 is 5.97 Å². The van der Waals surface area contributed by atoms with Crippen molar-refractivity contribution in [2.45, 2.75) is 199 Å². The maximum Gasteiger partial charge on any atom is 0.329 e. The molecule has 1 unspecified atom stereocenters. The molecule has 20 nitrogen and oxygen atoms in total. The van der Waals surface area contributed by atoms with Crippen molar-refractivity contribution in [3.8, 4) is 0 Å². The number of nitrogens with zero attached hydrogens (tertiary/aromatic N) is 2. The molecule has 3 fully saturated rings. The van der Waals surface area contributed by atoms with E-state index in [0.717, 1.165) is 18.4 Å². The highest BCUT2D eigenvalue weighted by Crippen LogP contribution is 2.38. The first-order chi connectivity index (χ1) is 38.2. The number of amides is 2. The Balaban J connectivity index is 1.67. The van der Waals surface area contributed by atoms with Crippen LogP contribution in [0, 0.1) is 35.5 Å². The number of rotatable bonds is 18. The molecule has 458 valence electrons. The molecule has 3 aliphatic heterocycles. The van der Waals surface area contributed by atoms with Gasteiger partial charge in [-0.05, 0) is 120 Å². The van der Waals surface area contributed by atoms with Gasteiger partial charge in [0.1, 0.15) is 24.4 Å². The summed E-state index contributed by atoms with van der Waals surface area (Å²) in [6.45, 7) is 15.4. The zero-order valence-corrected chi connectivity index (χ0v) is 50.0. The van der Waals surface area contributed by atoms with Crippen LogP contribution in [0.5, 0.6) is 0 Å². The van der Waals surface area contributed by atoms with E-state index in [1.54, 1.807) is 48.2 Å². The number of oxime groups is 1. The maximum absolute atomic E-state index is 14.5. The number of ether oxygens (including phenoxy) is 8. The molecule has 3 heterocycles. The number of fused-ring (bicyclic) bond motifs is 3. The van der Waals surface area contributed by atoms with Crippen molar-refractivity contribution >= 4 is 29.3 Å². The minimum Gasteiger partial charge on any atom is -0.461 e. The van der Waals surface area contributed by atoms with Crippen molar-refractivity contribution in [2.24, 2.45) is 40.7 Å². The molecule has 2 saturated heterocycles. The van der Waals surface area contributed by atoms with Crippen LogP contribution in [0.4, 0.5) is 0 Å². The third-order valence-corrected chi connectivity index (χ3v) is 17.0. The summed E-state index contributed by atoms with van der Waals surface area (Å²) in [6.07, 6.45) is 8.53. The van der Waals surface area contributed by atoms with E-state index in [9.17, 15) is 39.6 Å². The number of esters is 1. The predicted octanol–water partition coefficient (Wildman–Crippen LogP) is 5.80. The minimum atomic E-state index is -2.43. The van der Waals surface area contributed by atoms with E-state index < -0.39 is 96.6 Å². The Labute approximate surface area is 476 Å².